The highest BCUT2D eigenvalue weighted by molar-refractivity contribution is 6.05. The standard InChI is InChI=1S/C28H32N4O5/c1-37-21-8-5-19(6-9-21)28(13-3-2-4-14-28)17-29-27(36)30-20-7-10-22-18(15-20)16-32(26(22)35)23-11-12-24(33)31-25(23)34/h5-10,15,23H,2-4,11-14,16-17H2,1H3,(H2,29,30,36)(H,31,33,34). The van der Waals surface area contributed by atoms with Crippen LogP contribution in [0.2, 0.25) is 0 Å². The predicted molar refractivity (Wildman–Crippen MR) is 137 cm³/mol. The predicted octanol–water partition coefficient (Wildman–Crippen LogP) is 3.48. The van der Waals surface area contributed by atoms with Crippen LogP contribution in [0.3, 0.4) is 0 Å². The number of hydrogen-bond acceptors (Lipinski definition) is 5. The number of ether oxygens (including phenoxy) is 1. The van der Waals surface area contributed by atoms with Crippen LogP contribution >= 0.6 is 0 Å². The van der Waals surface area contributed by atoms with Crippen molar-refractivity contribution < 1.29 is 23.9 Å². The van der Waals surface area contributed by atoms with Gasteiger partial charge >= 0.3 is 6.03 Å². The number of carbonyl (C=O) groups is 4. The largest absolute Gasteiger partial charge is 0.497 e. The molecule has 37 heavy (non-hydrogen) atoms. The number of imide groups is 1. The number of urea groups is 1. The summed E-state index contributed by atoms with van der Waals surface area (Å²) in [6.07, 6.45) is 5.99. The molecule has 1 saturated carbocycles. The molecule has 2 fully saturated rings. The summed E-state index contributed by atoms with van der Waals surface area (Å²) in [5.41, 5.74) is 2.93. The summed E-state index contributed by atoms with van der Waals surface area (Å²) in [5.74, 6) is -0.181. The molecule has 9 nitrogen and oxygen atoms in total. The van der Waals surface area contributed by atoms with Crippen LogP contribution in [0.25, 0.3) is 0 Å². The third kappa shape index (κ3) is 5.03. The first-order valence-electron chi connectivity index (χ1n) is 12.9. The normalized spacial score (nSPS) is 20.7. The van der Waals surface area contributed by atoms with E-state index in [0.29, 0.717) is 24.2 Å². The summed E-state index contributed by atoms with van der Waals surface area (Å²) in [6, 6.07) is 12.3. The van der Waals surface area contributed by atoms with E-state index in [1.807, 2.05) is 12.1 Å². The van der Waals surface area contributed by atoms with Gasteiger partial charge in [-0.25, -0.2) is 4.79 Å². The molecule has 1 aliphatic carbocycles. The summed E-state index contributed by atoms with van der Waals surface area (Å²) in [7, 11) is 1.65. The number of rotatable bonds is 6. The Morgan fingerprint density at radius 3 is 2.54 bits per heavy atom. The zero-order chi connectivity index (χ0) is 26.0. The molecule has 2 aromatic rings. The van der Waals surface area contributed by atoms with E-state index in [1.165, 1.54) is 16.9 Å². The molecule has 3 N–H and O–H groups in total. The summed E-state index contributed by atoms with van der Waals surface area (Å²) < 4.78 is 5.31. The summed E-state index contributed by atoms with van der Waals surface area (Å²) >= 11 is 0. The van der Waals surface area contributed by atoms with E-state index >= 15 is 0 Å². The fourth-order valence-electron chi connectivity index (χ4n) is 5.82. The van der Waals surface area contributed by atoms with E-state index in [4.69, 9.17) is 4.74 Å². The molecule has 1 saturated heterocycles. The highest BCUT2D eigenvalue weighted by Gasteiger charge is 2.39. The van der Waals surface area contributed by atoms with Crippen molar-refractivity contribution in [1.82, 2.24) is 15.5 Å². The Hall–Kier alpha value is -3.88. The molecule has 0 spiro atoms. The lowest BCUT2D eigenvalue weighted by Crippen LogP contribution is -2.52. The number of fused-ring (bicyclic) bond motifs is 1. The van der Waals surface area contributed by atoms with Crippen LogP contribution in [0, 0.1) is 0 Å². The Kier molecular flexibility index (Phi) is 6.86. The minimum Gasteiger partial charge on any atom is -0.497 e. The van der Waals surface area contributed by atoms with Gasteiger partial charge in [-0.2, -0.15) is 0 Å². The van der Waals surface area contributed by atoms with Crippen LogP contribution < -0.4 is 20.7 Å². The van der Waals surface area contributed by atoms with Crippen molar-refractivity contribution in [2.24, 2.45) is 0 Å². The lowest BCUT2D eigenvalue weighted by molar-refractivity contribution is -0.136. The molecule has 194 valence electrons. The number of hydrogen-bond donors (Lipinski definition) is 3. The number of amides is 5. The third-order valence-corrected chi connectivity index (χ3v) is 7.88. The van der Waals surface area contributed by atoms with E-state index < -0.39 is 11.9 Å². The highest BCUT2D eigenvalue weighted by atomic mass is 16.5. The molecule has 0 aromatic heterocycles. The Morgan fingerprint density at radius 1 is 1.08 bits per heavy atom. The maximum atomic E-state index is 12.9. The van der Waals surface area contributed by atoms with Crippen molar-refractivity contribution in [3.05, 3.63) is 59.2 Å². The van der Waals surface area contributed by atoms with E-state index in [1.54, 1.807) is 25.3 Å². The molecule has 2 aliphatic heterocycles. The number of methoxy groups -OCH3 is 1. The molecule has 2 heterocycles. The van der Waals surface area contributed by atoms with Gasteiger partial charge in [0.1, 0.15) is 11.8 Å². The summed E-state index contributed by atoms with van der Waals surface area (Å²) in [5, 5.41) is 8.28. The second-order valence-electron chi connectivity index (χ2n) is 10.1. The second kappa shape index (κ2) is 10.2. The molecule has 0 radical (unpaired) electrons. The molecule has 5 amide bonds. The van der Waals surface area contributed by atoms with Crippen molar-refractivity contribution in [2.75, 3.05) is 19.0 Å². The van der Waals surface area contributed by atoms with Crippen LogP contribution in [-0.2, 0) is 21.5 Å². The Labute approximate surface area is 215 Å². The lowest BCUT2D eigenvalue weighted by Gasteiger charge is -2.38. The molecule has 9 heteroatoms. The first-order chi connectivity index (χ1) is 17.9. The van der Waals surface area contributed by atoms with Gasteiger partial charge in [0.25, 0.3) is 5.91 Å². The molecule has 2 aromatic carbocycles. The molecule has 1 atom stereocenters. The van der Waals surface area contributed by atoms with Crippen LogP contribution in [0.5, 0.6) is 5.75 Å². The SMILES string of the molecule is COc1ccc(C2(CNC(=O)Nc3ccc4c(c3)CN(C3CCC(=O)NC3=O)C4=O)CCCCC2)cc1. The van der Waals surface area contributed by atoms with Crippen molar-refractivity contribution in [2.45, 2.75) is 62.9 Å². The summed E-state index contributed by atoms with van der Waals surface area (Å²) in [6.45, 7) is 0.788. The maximum absolute atomic E-state index is 12.9. The first-order valence-corrected chi connectivity index (χ1v) is 12.9. The van der Waals surface area contributed by atoms with Crippen LogP contribution in [-0.4, -0.2) is 48.3 Å². The van der Waals surface area contributed by atoms with Crippen LogP contribution in [0.15, 0.2) is 42.5 Å². The molecular weight excluding hydrogens is 472 g/mol. The summed E-state index contributed by atoms with van der Waals surface area (Å²) in [4.78, 5) is 51.0. The van der Waals surface area contributed by atoms with Gasteiger partial charge in [-0.3, -0.25) is 19.7 Å². The molecule has 1 unspecified atom stereocenters. The van der Waals surface area contributed by atoms with Crippen LogP contribution in [0.1, 0.15) is 66.4 Å². The Balaban J connectivity index is 1.23. The number of nitrogens with one attached hydrogen (secondary N) is 3. The van der Waals surface area contributed by atoms with Gasteiger partial charge in [-0.1, -0.05) is 31.4 Å². The fourth-order valence-corrected chi connectivity index (χ4v) is 5.82. The van der Waals surface area contributed by atoms with E-state index in [9.17, 15) is 19.2 Å². The van der Waals surface area contributed by atoms with Crippen LogP contribution in [0.4, 0.5) is 10.5 Å². The number of piperidine rings is 1. The van der Waals surface area contributed by atoms with E-state index in [0.717, 1.165) is 37.0 Å². The molecule has 0 bridgehead atoms. The topological polar surface area (TPSA) is 117 Å². The van der Waals surface area contributed by atoms with Crippen molar-refractivity contribution in [3.8, 4) is 5.75 Å². The van der Waals surface area contributed by atoms with Gasteiger partial charge in [0.05, 0.1) is 7.11 Å². The van der Waals surface area contributed by atoms with Gasteiger partial charge in [0.15, 0.2) is 0 Å². The van der Waals surface area contributed by atoms with Crippen molar-refractivity contribution in [3.63, 3.8) is 0 Å². The van der Waals surface area contributed by atoms with Crippen molar-refractivity contribution >= 4 is 29.4 Å². The molecule has 3 aliphatic rings. The van der Waals surface area contributed by atoms with E-state index in [2.05, 4.69) is 28.1 Å². The monoisotopic (exact) mass is 504 g/mol. The quantitative estimate of drug-likeness (QED) is 0.521. The number of anilines is 1. The minimum absolute atomic E-state index is 0.116. The molecular formula is C28H32N4O5. The van der Waals surface area contributed by atoms with E-state index in [-0.39, 0.29) is 36.2 Å². The average Bonchev–Trinajstić information content (AvgIpc) is 3.23. The number of benzene rings is 2. The fraction of sp³-hybridized carbons (Fsp3) is 0.429. The zero-order valence-corrected chi connectivity index (χ0v) is 21.0. The van der Waals surface area contributed by atoms with Gasteiger partial charge in [-0.15, -0.1) is 0 Å². The zero-order valence-electron chi connectivity index (χ0n) is 21.0. The Bertz CT molecular complexity index is 1220. The Morgan fingerprint density at radius 2 is 1.84 bits per heavy atom. The molecule has 5 rings (SSSR count). The first kappa shape index (κ1) is 24.8. The maximum Gasteiger partial charge on any atom is 0.319 e. The highest BCUT2D eigenvalue weighted by Crippen LogP contribution is 2.39. The minimum atomic E-state index is -0.665. The smallest absolute Gasteiger partial charge is 0.319 e. The number of nitrogens with zero attached hydrogens (tertiary/aromatic N) is 1. The lowest BCUT2D eigenvalue weighted by atomic mass is 9.69. The van der Waals surface area contributed by atoms with Gasteiger partial charge in [0.2, 0.25) is 11.8 Å². The average molecular weight is 505 g/mol. The number of carbonyl (C=O) groups excluding carboxylic acids is 4. The van der Waals surface area contributed by atoms with Gasteiger partial charge in [0, 0.05) is 36.2 Å². The third-order valence-electron chi connectivity index (χ3n) is 7.88. The van der Waals surface area contributed by atoms with Crippen molar-refractivity contribution in [1.29, 1.82) is 0 Å². The van der Waals surface area contributed by atoms with Gasteiger partial charge < -0.3 is 20.3 Å². The second-order valence-corrected chi connectivity index (χ2v) is 10.1. The van der Waals surface area contributed by atoms with Gasteiger partial charge in [-0.05, 0) is 60.7 Å².